The number of anilines is 1. The molecule has 8 heteroatoms. The number of aromatic carboxylic acids is 1. The van der Waals surface area contributed by atoms with Crippen LogP contribution in [0.5, 0.6) is 0 Å². The van der Waals surface area contributed by atoms with Gasteiger partial charge in [0.1, 0.15) is 11.4 Å². The summed E-state index contributed by atoms with van der Waals surface area (Å²) in [5, 5.41) is 9.07. The number of aromatic amines is 1. The fourth-order valence-electron chi connectivity index (χ4n) is 1.83. The number of H-pyrrole nitrogens is 1. The van der Waals surface area contributed by atoms with Gasteiger partial charge in [-0.25, -0.2) is 17.6 Å². The monoisotopic (exact) mass is 312 g/mol. The lowest BCUT2D eigenvalue weighted by atomic mass is 10.2. The summed E-state index contributed by atoms with van der Waals surface area (Å²) >= 11 is 0. The average molecular weight is 312 g/mol. The summed E-state index contributed by atoms with van der Waals surface area (Å²) in [6.07, 6.45) is 1.24. The number of nitrogens with one attached hydrogen (secondary N) is 2. The molecule has 0 spiro atoms. The molecular weight excluding hydrogens is 299 g/mol. The van der Waals surface area contributed by atoms with Crippen LogP contribution in [0.15, 0.2) is 29.3 Å². The molecule has 0 aliphatic heterocycles. The van der Waals surface area contributed by atoms with Gasteiger partial charge in [0, 0.05) is 11.9 Å². The van der Waals surface area contributed by atoms with Gasteiger partial charge in [0.2, 0.25) is 0 Å². The largest absolute Gasteiger partial charge is 0.478 e. The van der Waals surface area contributed by atoms with Crippen molar-refractivity contribution < 1.29 is 22.7 Å². The van der Waals surface area contributed by atoms with Crippen molar-refractivity contribution in [3.8, 4) is 0 Å². The molecule has 0 unspecified atom stereocenters. The Morgan fingerprint density at radius 2 is 2.00 bits per heavy atom. The van der Waals surface area contributed by atoms with Crippen LogP contribution in [0.3, 0.4) is 0 Å². The zero-order valence-corrected chi connectivity index (χ0v) is 12.1. The summed E-state index contributed by atoms with van der Waals surface area (Å²) in [5.41, 5.74) is 0.361. The van der Waals surface area contributed by atoms with E-state index in [0.29, 0.717) is 11.3 Å². The molecule has 3 N–H and O–H groups in total. The Hall–Kier alpha value is -2.35. The van der Waals surface area contributed by atoms with Gasteiger partial charge in [0.15, 0.2) is 0 Å². The fourth-order valence-corrected chi connectivity index (χ4v) is 2.90. The van der Waals surface area contributed by atoms with Crippen LogP contribution in [0.25, 0.3) is 0 Å². The number of carbonyl (C=O) groups is 1. The first kappa shape index (κ1) is 15.0. The molecule has 0 atom stereocenters. The number of rotatable bonds is 4. The molecule has 1 heterocycles. The molecule has 2 rings (SSSR count). The second-order valence-electron chi connectivity index (χ2n) is 4.52. The normalized spacial score (nSPS) is 11.4. The third-order valence-corrected chi connectivity index (χ3v) is 4.35. The Labute approximate surface area is 120 Å². The summed E-state index contributed by atoms with van der Waals surface area (Å²) in [4.78, 5) is 13.5. The van der Waals surface area contributed by atoms with Crippen molar-refractivity contribution in [2.75, 3.05) is 4.72 Å². The molecule has 2 aromatic rings. The van der Waals surface area contributed by atoms with E-state index < -0.39 is 21.8 Å². The van der Waals surface area contributed by atoms with Crippen LogP contribution < -0.4 is 4.72 Å². The van der Waals surface area contributed by atoms with Gasteiger partial charge in [-0.15, -0.1) is 0 Å². The highest BCUT2D eigenvalue weighted by atomic mass is 32.2. The summed E-state index contributed by atoms with van der Waals surface area (Å²) < 4.78 is 39.9. The van der Waals surface area contributed by atoms with Crippen molar-refractivity contribution in [3.05, 3.63) is 47.0 Å². The van der Waals surface area contributed by atoms with E-state index >= 15 is 0 Å². The topological polar surface area (TPSA) is 99.3 Å². The van der Waals surface area contributed by atoms with E-state index in [1.54, 1.807) is 0 Å². The highest BCUT2D eigenvalue weighted by Gasteiger charge is 2.22. The van der Waals surface area contributed by atoms with Gasteiger partial charge in [0.05, 0.1) is 10.6 Å². The van der Waals surface area contributed by atoms with Gasteiger partial charge in [-0.05, 0) is 31.5 Å². The minimum absolute atomic E-state index is 0.0963. The van der Waals surface area contributed by atoms with Crippen molar-refractivity contribution in [1.29, 1.82) is 0 Å². The van der Waals surface area contributed by atoms with Crippen LogP contribution in [-0.4, -0.2) is 24.5 Å². The third kappa shape index (κ3) is 2.89. The smallest absolute Gasteiger partial charge is 0.339 e. The lowest BCUT2D eigenvalue weighted by Gasteiger charge is -2.08. The summed E-state index contributed by atoms with van der Waals surface area (Å²) in [6, 6.07) is 3.47. The van der Waals surface area contributed by atoms with E-state index in [4.69, 9.17) is 5.11 Å². The Morgan fingerprint density at radius 1 is 1.33 bits per heavy atom. The Balaban J connectivity index is 2.42. The van der Waals surface area contributed by atoms with Gasteiger partial charge in [-0.1, -0.05) is 6.07 Å². The number of benzene rings is 1. The average Bonchev–Trinajstić information content (AvgIpc) is 2.73. The summed E-state index contributed by atoms with van der Waals surface area (Å²) in [5.74, 6) is -1.91. The van der Waals surface area contributed by atoms with Crippen molar-refractivity contribution in [2.24, 2.45) is 0 Å². The maximum atomic E-state index is 13.5. The number of hydrogen-bond acceptors (Lipinski definition) is 3. The molecule has 1 aromatic heterocycles. The SMILES string of the molecule is Cc1ccc(S(=O)(=O)Nc2c[nH]c(C)c2C(=O)O)cc1F. The van der Waals surface area contributed by atoms with Gasteiger partial charge in [-0.2, -0.15) is 0 Å². The standard InChI is InChI=1S/C13H13FN2O4S/c1-7-3-4-9(5-10(7)14)21(19,20)16-11-6-15-8(2)12(11)13(17)18/h3-6,15-16H,1-2H3,(H,17,18). The quantitative estimate of drug-likeness (QED) is 0.806. The predicted octanol–water partition coefficient (Wildman–Crippen LogP) is 2.27. The maximum Gasteiger partial charge on any atom is 0.339 e. The fraction of sp³-hybridized carbons (Fsp3) is 0.154. The lowest BCUT2D eigenvalue weighted by Crippen LogP contribution is -2.15. The molecule has 21 heavy (non-hydrogen) atoms. The third-order valence-electron chi connectivity index (χ3n) is 2.99. The molecule has 0 amide bonds. The van der Waals surface area contributed by atoms with Crippen LogP contribution in [0.1, 0.15) is 21.6 Å². The van der Waals surface area contributed by atoms with Gasteiger partial charge in [-0.3, -0.25) is 4.72 Å². The van der Waals surface area contributed by atoms with E-state index in [1.807, 2.05) is 0 Å². The molecule has 0 aliphatic rings. The number of carboxylic acid groups (broad SMARTS) is 1. The van der Waals surface area contributed by atoms with Gasteiger partial charge in [0.25, 0.3) is 10.0 Å². The molecular formula is C13H13FN2O4S. The summed E-state index contributed by atoms with van der Waals surface area (Å²) in [7, 11) is -4.07. The van der Waals surface area contributed by atoms with Crippen molar-refractivity contribution in [3.63, 3.8) is 0 Å². The number of halogens is 1. The second kappa shape index (κ2) is 5.21. The molecule has 0 saturated carbocycles. The zero-order valence-electron chi connectivity index (χ0n) is 11.3. The lowest BCUT2D eigenvalue weighted by molar-refractivity contribution is 0.0697. The van der Waals surface area contributed by atoms with Crippen molar-refractivity contribution in [2.45, 2.75) is 18.7 Å². The van der Waals surface area contributed by atoms with Crippen molar-refractivity contribution >= 4 is 21.7 Å². The highest BCUT2D eigenvalue weighted by Crippen LogP contribution is 2.23. The maximum absolute atomic E-state index is 13.5. The molecule has 0 fully saturated rings. The van der Waals surface area contributed by atoms with Gasteiger partial charge < -0.3 is 10.1 Å². The molecule has 0 bridgehead atoms. The zero-order chi connectivity index (χ0) is 15.8. The number of hydrogen-bond donors (Lipinski definition) is 3. The molecule has 0 aliphatic carbocycles. The first-order valence-corrected chi connectivity index (χ1v) is 7.41. The van der Waals surface area contributed by atoms with Crippen LogP contribution in [0.4, 0.5) is 10.1 Å². The number of aromatic nitrogens is 1. The minimum atomic E-state index is -4.07. The van der Waals surface area contributed by atoms with Gasteiger partial charge >= 0.3 is 5.97 Å². The molecule has 0 saturated heterocycles. The van der Waals surface area contributed by atoms with Crippen LogP contribution in [0, 0.1) is 19.7 Å². The Morgan fingerprint density at radius 3 is 2.57 bits per heavy atom. The second-order valence-corrected chi connectivity index (χ2v) is 6.21. The molecule has 1 aromatic carbocycles. The number of carboxylic acids is 1. The van der Waals surface area contributed by atoms with E-state index in [1.165, 1.54) is 32.2 Å². The predicted molar refractivity (Wildman–Crippen MR) is 74.4 cm³/mol. The highest BCUT2D eigenvalue weighted by molar-refractivity contribution is 7.92. The first-order valence-electron chi connectivity index (χ1n) is 5.92. The van der Waals surface area contributed by atoms with E-state index in [9.17, 15) is 17.6 Å². The van der Waals surface area contributed by atoms with E-state index in [2.05, 4.69) is 9.71 Å². The number of aryl methyl sites for hydroxylation is 2. The molecule has 112 valence electrons. The minimum Gasteiger partial charge on any atom is -0.478 e. The van der Waals surface area contributed by atoms with Crippen molar-refractivity contribution in [1.82, 2.24) is 4.98 Å². The van der Waals surface area contributed by atoms with Crippen LogP contribution in [-0.2, 0) is 10.0 Å². The van der Waals surface area contributed by atoms with Crippen LogP contribution >= 0.6 is 0 Å². The van der Waals surface area contributed by atoms with Crippen LogP contribution in [0.2, 0.25) is 0 Å². The molecule has 0 radical (unpaired) electrons. The van der Waals surface area contributed by atoms with E-state index in [-0.39, 0.29) is 16.1 Å². The van der Waals surface area contributed by atoms with E-state index in [0.717, 1.165) is 6.07 Å². The first-order chi connectivity index (χ1) is 9.72. The molecule has 6 nitrogen and oxygen atoms in total. The Bertz CT molecular complexity index is 812. The number of sulfonamides is 1. The summed E-state index contributed by atoms with van der Waals surface area (Å²) in [6.45, 7) is 3.02. The Kier molecular flexibility index (Phi) is 3.73.